The molecule has 0 aliphatic heterocycles. The van der Waals surface area contributed by atoms with E-state index in [0.29, 0.717) is 0 Å². The predicted molar refractivity (Wildman–Crippen MR) is 42.6 cm³/mol. The molecule has 1 atom stereocenters. The Morgan fingerprint density at radius 2 is 2.00 bits per heavy atom. The molecule has 0 aromatic heterocycles. The third kappa shape index (κ3) is 4.30. The van der Waals surface area contributed by atoms with Crippen LogP contribution in [0.25, 0.3) is 0 Å². The van der Waals surface area contributed by atoms with Crippen LogP contribution in [0.2, 0.25) is 0 Å². The molecule has 11 heavy (non-hydrogen) atoms. The summed E-state index contributed by atoms with van der Waals surface area (Å²) in [5, 5.41) is 0. The molecule has 0 saturated carbocycles. The van der Waals surface area contributed by atoms with E-state index in [2.05, 4.69) is 6.07 Å². The molecule has 2 N–H and O–H groups in total. The molecule has 0 heterocycles. The van der Waals surface area contributed by atoms with Gasteiger partial charge in [0.2, 0.25) is 0 Å². The van der Waals surface area contributed by atoms with Crippen molar-refractivity contribution in [1.29, 1.82) is 0 Å². The van der Waals surface area contributed by atoms with Crippen LogP contribution in [0.3, 0.4) is 0 Å². The van der Waals surface area contributed by atoms with Gasteiger partial charge in [-0.2, -0.15) is 35.9 Å². The minimum atomic E-state index is 0. The van der Waals surface area contributed by atoms with Gasteiger partial charge in [0.15, 0.2) is 0 Å². The Bertz CT molecular complexity index is 184. The fraction of sp³-hybridized carbons (Fsp3) is 0.333. The molecule has 0 aliphatic carbocycles. The van der Waals surface area contributed by atoms with Gasteiger partial charge in [0.25, 0.3) is 0 Å². The topological polar surface area (TPSA) is 26.0 Å². The van der Waals surface area contributed by atoms with Crippen molar-refractivity contribution in [1.82, 2.24) is 0 Å². The van der Waals surface area contributed by atoms with Crippen LogP contribution in [0.15, 0.2) is 24.3 Å². The Kier molecular flexibility index (Phi) is 5.37. The second-order valence-corrected chi connectivity index (χ2v) is 2.59. The second kappa shape index (κ2) is 5.46. The average molecular weight is 324 g/mol. The van der Waals surface area contributed by atoms with Crippen molar-refractivity contribution in [3.05, 3.63) is 35.9 Å². The van der Waals surface area contributed by atoms with Crippen molar-refractivity contribution in [3.8, 4) is 0 Å². The van der Waals surface area contributed by atoms with Gasteiger partial charge >= 0.3 is 19.8 Å². The molecule has 0 bridgehead atoms. The zero-order chi connectivity index (χ0) is 7.40. The largest absolute Gasteiger partial charge is 1.00 e. The van der Waals surface area contributed by atoms with Crippen LogP contribution in [0.1, 0.15) is 12.5 Å². The van der Waals surface area contributed by atoms with Crippen LogP contribution in [-0.4, -0.2) is 6.04 Å². The van der Waals surface area contributed by atoms with E-state index in [1.165, 1.54) is 5.56 Å². The summed E-state index contributed by atoms with van der Waals surface area (Å²) in [4.78, 5) is 0. The predicted octanol–water partition coefficient (Wildman–Crippen LogP) is 1.37. The molecule has 0 fully saturated rings. The first-order valence-electron chi connectivity index (χ1n) is 3.49. The molecule has 61 valence electrons. The Morgan fingerprint density at radius 3 is 2.45 bits per heavy atom. The zero-order valence-corrected chi connectivity index (χ0v) is 9.07. The summed E-state index contributed by atoms with van der Waals surface area (Å²) in [5.74, 6) is 0. The summed E-state index contributed by atoms with van der Waals surface area (Å²) in [7, 11) is 0. The van der Waals surface area contributed by atoms with Crippen molar-refractivity contribution in [2.24, 2.45) is 5.73 Å². The molecule has 0 amide bonds. The molecular weight excluding hydrogens is 312 g/mol. The van der Waals surface area contributed by atoms with E-state index < -0.39 is 0 Å². The molecule has 1 aromatic rings. The first kappa shape index (κ1) is 10.8. The van der Waals surface area contributed by atoms with E-state index in [4.69, 9.17) is 5.73 Å². The maximum atomic E-state index is 5.61. The molecule has 0 saturated heterocycles. The van der Waals surface area contributed by atoms with Crippen molar-refractivity contribution < 1.29 is 19.8 Å². The fourth-order valence-electron chi connectivity index (χ4n) is 0.929. The summed E-state index contributed by atoms with van der Waals surface area (Å²) < 4.78 is 0. The summed E-state index contributed by atoms with van der Waals surface area (Å²) in [6.07, 6.45) is 0.953. The second-order valence-electron chi connectivity index (χ2n) is 2.59. The molecule has 1 radical (unpaired) electrons. The SMILES string of the molecule is C[C@@H](N)Cc1cc[c-]cc1.[Os+]. The third-order valence-corrected chi connectivity index (χ3v) is 1.34. The van der Waals surface area contributed by atoms with Gasteiger partial charge in [-0.15, -0.1) is 0 Å². The molecule has 0 unspecified atom stereocenters. The van der Waals surface area contributed by atoms with E-state index in [1.54, 1.807) is 0 Å². The summed E-state index contributed by atoms with van der Waals surface area (Å²) in [6, 6.07) is 11.1. The van der Waals surface area contributed by atoms with Crippen molar-refractivity contribution in [3.63, 3.8) is 0 Å². The Hall–Kier alpha value is -0.184. The monoisotopic (exact) mass is 326 g/mol. The quantitative estimate of drug-likeness (QED) is 0.817. The van der Waals surface area contributed by atoms with Crippen molar-refractivity contribution >= 4 is 0 Å². The van der Waals surface area contributed by atoms with Gasteiger partial charge in [-0.25, -0.2) is 0 Å². The van der Waals surface area contributed by atoms with Gasteiger partial charge < -0.3 is 5.73 Å². The van der Waals surface area contributed by atoms with E-state index in [-0.39, 0.29) is 25.8 Å². The number of hydrogen-bond acceptors (Lipinski definition) is 1. The molecule has 1 aromatic carbocycles. The average Bonchev–Trinajstić information content (AvgIpc) is 1.88. The number of rotatable bonds is 2. The van der Waals surface area contributed by atoms with E-state index in [1.807, 2.05) is 31.2 Å². The molecular formula is C9H12NOs. The maximum Gasteiger partial charge on any atom is 1.00 e. The van der Waals surface area contributed by atoms with E-state index >= 15 is 0 Å². The van der Waals surface area contributed by atoms with Crippen molar-refractivity contribution in [2.45, 2.75) is 19.4 Å². The minimum absolute atomic E-state index is 0. The fourth-order valence-corrected chi connectivity index (χ4v) is 0.929. The normalized spacial score (nSPS) is 11.8. The van der Waals surface area contributed by atoms with Gasteiger partial charge in [0.05, 0.1) is 0 Å². The molecule has 2 heteroatoms. The Labute approximate surface area is 81.0 Å². The molecule has 0 aliphatic rings. The standard InChI is InChI=1S/C9H12N.Os/c1-8(10)7-9-5-3-2-4-6-9;/h3-6,8H,7,10H2,1H3;/q-1;+1/t8-;/m1./s1. The van der Waals surface area contributed by atoms with Gasteiger partial charge in [-0.1, -0.05) is 0 Å². The van der Waals surface area contributed by atoms with E-state index in [0.717, 1.165) is 6.42 Å². The van der Waals surface area contributed by atoms with Crippen LogP contribution < -0.4 is 5.73 Å². The van der Waals surface area contributed by atoms with Crippen LogP contribution in [0.4, 0.5) is 0 Å². The summed E-state index contributed by atoms with van der Waals surface area (Å²) in [6.45, 7) is 2.01. The van der Waals surface area contributed by atoms with Gasteiger partial charge in [0, 0.05) is 6.04 Å². The van der Waals surface area contributed by atoms with E-state index in [9.17, 15) is 0 Å². The van der Waals surface area contributed by atoms with Crippen molar-refractivity contribution in [2.75, 3.05) is 0 Å². The Morgan fingerprint density at radius 1 is 1.45 bits per heavy atom. The van der Waals surface area contributed by atoms with Crippen LogP contribution in [0.5, 0.6) is 0 Å². The van der Waals surface area contributed by atoms with Crippen LogP contribution in [-0.2, 0) is 26.2 Å². The number of hydrogen-bond donors (Lipinski definition) is 1. The van der Waals surface area contributed by atoms with Crippen LogP contribution in [0, 0.1) is 6.07 Å². The molecule has 0 spiro atoms. The molecule has 1 rings (SSSR count). The molecule has 1 nitrogen and oxygen atoms in total. The first-order chi connectivity index (χ1) is 4.79. The first-order valence-corrected chi connectivity index (χ1v) is 3.49. The Balaban J connectivity index is 0.000001000. The van der Waals surface area contributed by atoms with Gasteiger partial charge in [0.1, 0.15) is 0 Å². The van der Waals surface area contributed by atoms with Gasteiger partial charge in [-0.05, 0) is 13.3 Å². The number of nitrogens with two attached hydrogens (primary N) is 1. The number of benzene rings is 1. The smallest absolute Gasteiger partial charge is 0.328 e. The summed E-state index contributed by atoms with van der Waals surface area (Å²) in [5.41, 5.74) is 6.90. The van der Waals surface area contributed by atoms with Crippen LogP contribution >= 0.6 is 0 Å². The van der Waals surface area contributed by atoms with Gasteiger partial charge in [-0.3, -0.25) is 0 Å². The zero-order valence-electron chi connectivity index (χ0n) is 6.52. The minimum Gasteiger partial charge on any atom is -0.328 e. The summed E-state index contributed by atoms with van der Waals surface area (Å²) >= 11 is 0. The maximum absolute atomic E-state index is 5.61. The third-order valence-electron chi connectivity index (χ3n) is 1.34.